The average Bonchev–Trinajstić information content (AvgIpc) is 3.52. The SMILES string of the molecule is CCOc1ccc(S(=O)(=O)N2CCCCC2)cc1C1=NC(c2ccc(Cl)cc2)C(c2ccc(Cl)cc2)N1C(=O)N1CCN(CC[S+](C)[O-])CC1. The van der Waals surface area contributed by atoms with E-state index in [4.69, 9.17) is 32.9 Å². The Morgan fingerprint density at radius 3 is 2.12 bits per heavy atom. The third-order valence-corrected chi connectivity index (χ3v) is 12.6. The zero-order valence-corrected chi connectivity index (χ0v) is 31.5. The second kappa shape index (κ2) is 16.2. The molecule has 0 N–H and O–H groups in total. The number of carbonyl (C=O) groups excluding carboxylic acids is 1. The number of sulfonamides is 1. The standard InChI is InChI=1S/C36H43Cl2N5O5S2/c1-3-48-32-16-15-30(50(46,47)42-17-5-4-6-18-42)25-31(32)35-39-33(26-7-11-28(37)12-8-26)34(27-9-13-29(38)14-10-27)43(35)36(44)41-21-19-40(20-22-41)23-24-49(2)45/h7-16,25,33-34H,3-6,17-24H2,1-2H3. The highest BCUT2D eigenvalue weighted by molar-refractivity contribution is 7.90. The van der Waals surface area contributed by atoms with E-state index in [0.717, 1.165) is 30.4 Å². The minimum atomic E-state index is -3.81. The molecule has 0 aliphatic carbocycles. The molecule has 3 heterocycles. The Balaban J connectivity index is 1.47. The summed E-state index contributed by atoms with van der Waals surface area (Å²) < 4.78 is 47.3. The molecule has 0 saturated carbocycles. The molecule has 2 saturated heterocycles. The molecule has 3 atom stereocenters. The predicted molar refractivity (Wildman–Crippen MR) is 199 cm³/mol. The van der Waals surface area contributed by atoms with E-state index in [1.807, 2.05) is 36.1 Å². The van der Waals surface area contributed by atoms with Crippen LogP contribution >= 0.6 is 23.2 Å². The van der Waals surface area contributed by atoms with Crippen molar-refractivity contribution >= 4 is 56.3 Å². The molecule has 10 nitrogen and oxygen atoms in total. The van der Waals surface area contributed by atoms with Gasteiger partial charge in [-0.05, 0) is 73.4 Å². The maximum Gasteiger partial charge on any atom is 0.326 e. The number of urea groups is 1. The van der Waals surface area contributed by atoms with E-state index in [0.29, 0.717) is 85.4 Å². The van der Waals surface area contributed by atoms with Crippen LogP contribution in [-0.2, 0) is 21.2 Å². The Morgan fingerprint density at radius 2 is 1.52 bits per heavy atom. The second-order valence-electron chi connectivity index (χ2n) is 12.8. The van der Waals surface area contributed by atoms with Crippen LogP contribution in [-0.4, -0.2) is 108 Å². The van der Waals surface area contributed by atoms with Gasteiger partial charge in [-0.3, -0.25) is 14.8 Å². The summed E-state index contributed by atoms with van der Waals surface area (Å²) in [7, 11) is -3.81. The molecular weight excluding hydrogens is 717 g/mol. The largest absolute Gasteiger partial charge is 0.617 e. The average molecular weight is 761 g/mol. The highest BCUT2D eigenvalue weighted by atomic mass is 35.5. The topological polar surface area (TPSA) is 109 Å². The molecule has 2 fully saturated rings. The van der Waals surface area contributed by atoms with Crippen LogP contribution in [0.4, 0.5) is 4.79 Å². The third kappa shape index (κ3) is 8.12. The molecule has 0 spiro atoms. The van der Waals surface area contributed by atoms with Crippen molar-refractivity contribution in [2.24, 2.45) is 4.99 Å². The number of halogens is 2. The lowest BCUT2D eigenvalue weighted by Gasteiger charge is -2.39. The van der Waals surface area contributed by atoms with Crippen LogP contribution < -0.4 is 4.74 Å². The summed E-state index contributed by atoms with van der Waals surface area (Å²) in [6.45, 7) is 6.05. The van der Waals surface area contributed by atoms with Crippen molar-refractivity contribution < 1.29 is 22.5 Å². The van der Waals surface area contributed by atoms with Crippen LogP contribution in [0.25, 0.3) is 0 Å². The van der Waals surface area contributed by atoms with Gasteiger partial charge in [0.05, 0.1) is 29.4 Å². The van der Waals surface area contributed by atoms with Gasteiger partial charge in [-0.15, -0.1) is 0 Å². The number of amidine groups is 1. The lowest BCUT2D eigenvalue weighted by Crippen LogP contribution is -2.54. The van der Waals surface area contributed by atoms with Crippen molar-refractivity contribution in [1.29, 1.82) is 0 Å². The van der Waals surface area contributed by atoms with E-state index in [2.05, 4.69) is 4.90 Å². The first-order chi connectivity index (χ1) is 24.1. The van der Waals surface area contributed by atoms with E-state index in [-0.39, 0.29) is 10.9 Å². The number of benzene rings is 3. The smallest absolute Gasteiger partial charge is 0.326 e. The number of rotatable bonds is 10. The fraction of sp³-hybridized carbons (Fsp3) is 0.444. The van der Waals surface area contributed by atoms with E-state index in [1.54, 1.807) is 53.6 Å². The normalized spacial score (nSPS) is 21.3. The zero-order valence-electron chi connectivity index (χ0n) is 28.3. The number of carbonyl (C=O) groups is 1. The van der Waals surface area contributed by atoms with Gasteiger partial charge in [0.1, 0.15) is 23.4 Å². The van der Waals surface area contributed by atoms with Crippen LogP contribution in [0, 0.1) is 0 Å². The summed E-state index contributed by atoms with van der Waals surface area (Å²) in [4.78, 5) is 26.1. The van der Waals surface area contributed by atoms with Gasteiger partial charge in [-0.25, -0.2) is 13.2 Å². The molecule has 14 heteroatoms. The summed E-state index contributed by atoms with van der Waals surface area (Å²) in [6, 6.07) is 18.3. The highest BCUT2D eigenvalue weighted by Gasteiger charge is 2.45. The van der Waals surface area contributed by atoms with Gasteiger partial charge >= 0.3 is 6.03 Å². The maximum absolute atomic E-state index is 14.9. The molecule has 3 unspecified atom stereocenters. The number of piperidine rings is 1. The van der Waals surface area contributed by atoms with Crippen LogP contribution in [0.1, 0.15) is 55.0 Å². The molecule has 3 aliphatic rings. The number of nitrogens with zero attached hydrogens (tertiary/aromatic N) is 5. The fourth-order valence-electron chi connectivity index (χ4n) is 6.81. The van der Waals surface area contributed by atoms with E-state index < -0.39 is 33.3 Å². The first-order valence-corrected chi connectivity index (χ1v) is 21.0. The van der Waals surface area contributed by atoms with Crippen molar-refractivity contribution in [3.8, 4) is 5.75 Å². The number of aliphatic imine (C=N–C) groups is 1. The number of ether oxygens (including phenoxy) is 1. The third-order valence-electron chi connectivity index (χ3n) is 9.48. The lowest BCUT2D eigenvalue weighted by atomic mass is 9.93. The monoisotopic (exact) mass is 759 g/mol. The number of piperazine rings is 1. The fourth-order valence-corrected chi connectivity index (χ4v) is 9.12. The van der Waals surface area contributed by atoms with Crippen LogP contribution in [0.3, 0.4) is 0 Å². The lowest BCUT2D eigenvalue weighted by molar-refractivity contribution is 0.122. The Morgan fingerprint density at radius 1 is 0.900 bits per heavy atom. The Labute approximate surface area is 308 Å². The first-order valence-electron chi connectivity index (χ1n) is 17.0. The van der Waals surface area contributed by atoms with Gasteiger partial charge in [-0.2, -0.15) is 4.31 Å². The minimum absolute atomic E-state index is 0.132. The molecule has 3 aliphatic heterocycles. The van der Waals surface area contributed by atoms with Crippen molar-refractivity contribution in [3.63, 3.8) is 0 Å². The summed E-state index contributed by atoms with van der Waals surface area (Å²) in [5.41, 5.74) is 2.09. The van der Waals surface area contributed by atoms with Crippen LogP contribution in [0.2, 0.25) is 10.0 Å². The summed E-state index contributed by atoms with van der Waals surface area (Å²) in [5, 5.41) is 1.14. The van der Waals surface area contributed by atoms with Crippen molar-refractivity contribution in [1.82, 2.24) is 19.0 Å². The Hall–Kier alpha value is -2.84. The molecule has 268 valence electrons. The Bertz CT molecular complexity index is 1780. The van der Waals surface area contributed by atoms with Crippen molar-refractivity contribution in [3.05, 3.63) is 93.5 Å². The summed E-state index contributed by atoms with van der Waals surface area (Å²) in [6.07, 6.45) is 4.32. The van der Waals surface area contributed by atoms with Crippen molar-refractivity contribution in [2.45, 2.75) is 43.2 Å². The van der Waals surface area contributed by atoms with Crippen LogP contribution in [0.15, 0.2) is 76.6 Å². The molecule has 0 radical (unpaired) electrons. The van der Waals surface area contributed by atoms with Gasteiger partial charge in [0.25, 0.3) is 0 Å². The molecular formula is C36H43Cl2N5O5S2. The quantitative estimate of drug-likeness (QED) is 0.227. The minimum Gasteiger partial charge on any atom is -0.617 e. The number of amides is 2. The van der Waals surface area contributed by atoms with Gasteiger partial charge in [0, 0.05) is 55.9 Å². The van der Waals surface area contributed by atoms with E-state index in [9.17, 15) is 17.8 Å². The van der Waals surface area contributed by atoms with Crippen LogP contribution in [0.5, 0.6) is 5.75 Å². The molecule has 3 aromatic rings. The number of hydrogen-bond acceptors (Lipinski definition) is 7. The van der Waals surface area contributed by atoms with Gasteiger partial charge < -0.3 is 14.2 Å². The van der Waals surface area contributed by atoms with E-state index in [1.165, 1.54) is 4.31 Å². The molecule has 6 rings (SSSR count). The molecule has 3 aromatic carbocycles. The second-order valence-corrected chi connectivity index (χ2v) is 17.1. The highest BCUT2D eigenvalue weighted by Crippen LogP contribution is 2.46. The maximum atomic E-state index is 14.9. The predicted octanol–water partition coefficient (Wildman–Crippen LogP) is 6.23. The van der Waals surface area contributed by atoms with Gasteiger partial charge in [-0.1, -0.05) is 65.1 Å². The molecule has 50 heavy (non-hydrogen) atoms. The molecule has 0 aromatic heterocycles. The van der Waals surface area contributed by atoms with Gasteiger partial charge in [0.2, 0.25) is 10.0 Å². The zero-order chi connectivity index (χ0) is 35.4. The van der Waals surface area contributed by atoms with E-state index >= 15 is 0 Å². The van der Waals surface area contributed by atoms with Gasteiger partial charge in [0.15, 0.2) is 0 Å². The Kier molecular flexibility index (Phi) is 12.0. The summed E-state index contributed by atoms with van der Waals surface area (Å²) >= 11 is 11.7. The van der Waals surface area contributed by atoms with Crippen molar-refractivity contribution in [2.75, 3.05) is 64.4 Å². The summed E-state index contributed by atoms with van der Waals surface area (Å²) in [5.74, 6) is 1.35. The molecule has 2 amide bonds. The molecule has 0 bridgehead atoms. The first kappa shape index (κ1) is 36.9. The number of hydrogen-bond donors (Lipinski definition) is 0.